The van der Waals surface area contributed by atoms with E-state index in [0.717, 1.165) is 38.9 Å². The quantitative estimate of drug-likeness (QED) is 0.625. The summed E-state index contributed by atoms with van der Waals surface area (Å²) in [6.07, 6.45) is 5.99. The highest BCUT2D eigenvalue weighted by atomic mass is 32.2. The van der Waals surface area contributed by atoms with Gasteiger partial charge in [0.2, 0.25) is 6.08 Å². The maximum atomic E-state index is 10.8. The zero-order chi connectivity index (χ0) is 13.1. The molecular weight excluding hydrogens is 258 g/mol. The maximum Gasteiger partial charge on any atom is 0.235 e. The van der Waals surface area contributed by atoms with Crippen molar-refractivity contribution in [2.24, 2.45) is 4.99 Å². The molecule has 1 aliphatic heterocycles. The predicted octanol–water partition coefficient (Wildman–Crippen LogP) is 3.28. The van der Waals surface area contributed by atoms with Gasteiger partial charge in [0.05, 0.1) is 24.0 Å². The van der Waals surface area contributed by atoms with Crippen molar-refractivity contribution in [3.63, 3.8) is 0 Å². The lowest BCUT2D eigenvalue weighted by Crippen LogP contribution is -2.30. The molecule has 0 unspecified atom stereocenters. The zero-order valence-electron chi connectivity index (χ0n) is 10.8. The number of hydrogen-bond donors (Lipinski definition) is 0. The normalized spacial score (nSPS) is 21.7. The Morgan fingerprint density at radius 3 is 2.63 bits per heavy atom. The molecule has 0 N–H and O–H groups in total. The first-order valence-corrected chi connectivity index (χ1v) is 7.65. The molecule has 1 aromatic rings. The molecule has 0 amide bonds. The first kappa shape index (κ1) is 12.9. The van der Waals surface area contributed by atoms with Crippen LogP contribution in [0.2, 0.25) is 0 Å². The number of benzene rings is 1. The Kier molecular flexibility index (Phi) is 3.74. The molecule has 2 fully saturated rings. The van der Waals surface area contributed by atoms with E-state index in [0.29, 0.717) is 5.25 Å². The average Bonchev–Trinajstić information content (AvgIpc) is 2.84. The lowest BCUT2D eigenvalue weighted by atomic mass is 9.89. The van der Waals surface area contributed by atoms with E-state index in [2.05, 4.69) is 23.2 Å². The minimum atomic E-state index is -0.323. The van der Waals surface area contributed by atoms with Crippen molar-refractivity contribution in [1.82, 2.24) is 0 Å². The Morgan fingerprint density at radius 2 is 2.00 bits per heavy atom. The van der Waals surface area contributed by atoms with Crippen LogP contribution in [0, 0.1) is 0 Å². The molecule has 100 valence electrons. The van der Waals surface area contributed by atoms with Crippen LogP contribution in [-0.4, -0.2) is 24.5 Å². The van der Waals surface area contributed by atoms with Crippen molar-refractivity contribution in [3.05, 3.63) is 29.8 Å². The van der Waals surface area contributed by atoms with Crippen LogP contribution in [0.1, 0.15) is 31.2 Å². The Bertz CT molecular complexity index is 501. The topological polar surface area (TPSA) is 38.7 Å². The molecule has 1 aromatic carbocycles. The summed E-state index contributed by atoms with van der Waals surface area (Å²) in [4.78, 5) is 16.3. The van der Waals surface area contributed by atoms with Gasteiger partial charge < -0.3 is 4.74 Å². The van der Waals surface area contributed by atoms with Crippen LogP contribution < -0.4 is 0 Å². The second-order valence-corrected chi connectivity index (χ2v) is 6.56. The third-order valence-electron chi connectivity index (χ3n) is 3.98. The van der Waals surface area contributed by atoms with E-state index in [1.54, 1.807) is 6.08 Å². The molecule has 1 aliphatic carbocycles. The minimum Gasteiger partial charge on any atom is -0.379 e. The number of hydrogen-bond acceptors (Lipinski definition) is 4. The van der Waals surface area contributed by atoms with Gasteiger partial charge in [0.25, 0.3) is 0 Å². The molecule has 0 aromatic heterocycles. The number of carbonyl (C=O) groups excluding carboxylic acids is 1. The van der Waals surface area contributed by atoms with Gasteiger partial charge in [-0.25, -0.2) is 4.79 Å². The van der Waals surface area contributed by atoms with E-state index in [9.17, 15) is 4.79 Å². The van der Waals surface area contributed by atoms with E-state index in [1.165, 1.54) is 10.5 Å². The van der Waals surface area contributed by atoms with Gasteiger partial charge in [0.1, 0.15) is 0 Å². The van der Waals surface area contributed by atoms with E-state index >= 15 is 0 Å². The molecule has 1 saturated heterocycles. The summed E-state index contributed by atoms with van der Waals surface area (Å²) < 4.78 is 5.24. The monoisotopic (exact) mass is 275 g/mol. The molecule has 0 spiro atoms. The van der Waals surface area contributed by atoms with Crippen molar-refractivity contribution < 1.29 is 9.53 Å². The van der Waals surface area contributed by atoms with E-state index in [-0.39, 0.29) is 5.54 Å². The summed E-state index contributed by atoms with van der Waals surface area (Å²) in [7, 11) is 0. The van der Waals surface area contributed by atoms with Crippen LogP contribution in [0.4, 0.5) is 0 Å². The number of ether oxygens (including phenoxy) is 1. The van der Waals surface area contributed by atoms with Gasteiger partial charge >= 0.3 is 0 Å². The molecular formula is C15H17NO2S. The van der Waals surface area contributed by atoms with Gasteiger partial charge in [-0.2, -0.15) is 4.99 Å². The molecule has 1 heterocycles. The number of isocyanates is 1. The fraction of sp³-hybridized carbons (Fsp3) is 0.533. The predicted molar refractivity (Wildman–Crippen MR) is 75.2 cm³/mol. The highest BCUT2D eigenvalue weighted by molar-refractivity contribution is 8.00. The van der Waals surface area contributed by atoms with Crippen molar-refractivity contribution in [3.8, 4) is 0 Å². The molecule has 0 bridgehead atoms. The fourth-order valence-corrected chi connectivity index (χ4v) is 4.13. The third kappa shape index (κ3) is 2.48. The highest BCUT2D eigenvalue weighted by Crippen LogP contribution is 2.46. The van der Waals surface area contributed by atoms with Crippen molar-refractivity contribution >= 4 is 17.8 Å². The van der Waals surface area contributed by atoms with Gasteiger partial charge in [0.15, 0.2) is 0 Å². The first-order valence-electron chi connectivity index (χ1n) is 6.77. The van der Waals surface area contributed by atoms with Crippen molar-refractivity contribution in [2.75, 3.05) is 13.2 Å². The van der Waals surface area contributed by atoms with Gasteiger partial charge in [-0.05, 0) is 24.5 Å². The molecule has 19 heavy (non-hydrogen) atoms. The lowest BCUT2D eigenvalue weighted by Gasteiger charge is -2.29. The molecule has 2 aliphatic rings. The number of aliphatic imine (C=N–C) groups is 1. The zero-order valence-corrected chi connectivity index (χ0v) is 11.6. The summed E-state index contributed by atoms with van der Waals surface area (Å²) in [5.41, 5.74) is 0.878. The largest absolute Gasteiger partial charge is 0.379 e. The van der Waals surface area contributed by atoms with Gasteiger partial charge in [-0.3, -0.25) is 0 Å². The van der Waals surface area contributed by atoms with Gasteiger partial charge in [-0.1, -0.05) is 31.0 Å². The van der Waals surface area contributed by atoms with Crippen LogP contribution in [-0.2, 0) is 15.1 Å². The molecule has 0 radical (unpaired) electrons. The lowest BCUT2D eigenvalue weighted by molar-refractivity contribution is 0.0455. The van der Waals surface area contributed by atoms with Crippen LogP contribution >= 0.6 is 11.8 Å². The average molecular weight is 275 g/mol. The summed E-state index contributed by atoms with van der Waals surface area (Å²) in [5.74, 6) is 0. The fourth-order valence-electron chi connectivity index (χ4n) is 2.90. The van der Waals surface area contributed by atoms with Crippen LogP contribution in [0.3, 0.4) is 0 Å². The summed E-state index contributed by atoms with van der Waals surface area (Å²) in [6, 6.07) is 8.35. The van der Waals surface area contributed by atoms with Crippen molar-refractivity contribution in [1.29, 1.82) is 0 Å². The van der Waals surface area contributed by atoms with Crippen LogP contribution in [0.25, 0.3) is 0 Å². The molecule has 3 rings (SSSR count). The molecule has 0 atom stereocenters. The second kappa shape index (κ2) is 5.49. The van der Waals surface area contributed by atoms with E-state index in [4.69, 9.17) is 4.74 Å². The van der Waals surface area contributed by atoms with Crippen LogP contribution in [0.15, 0.2) is 34.2 Å². The summed E-state index contributed by atoms with van der Waals surface area (Å²) in [6.45, 7) is 1.64. The highest BCUT2D eigenvalue weighted by Gasteiger charge is 2.38. The number of thioether (sulfide) groups is 1. The summed E-state index contributed by atoms with van der Waals surface area (Å²) in [5, 5.41) is 0.541. The van der Waals surface area contributed by atoms with E-state index < -0.39 is 0 Å². The third-order valence-corrected chi connectivity index (χ3v) is 5.20. The molecule has 3 nitrogen and oxygen atoms in total. The first-order chi connectivity index (χ1) is 9.34. The van der Waals surface area contributed by atoms with Crippen LogP contribution in [0.5, 0.6) is 0 Å². The Morgan fingerprint density at radius 1 is 1.26 bits per heavy atom. The molecule has 1 saturated carbocycles. The van der Waals surface area contributed by atoms with Gasteiger partial charge in [0, 0.05) is 4.90 Å². The standard InChI is InChI=1S/C15H17NO2S/c17-11-16-15(7-3-4-8-15)13-5-1-2-6-14(13)19-12-9-18-10-12/h1-2,5-6,12H,3-4,7-10H2. The SMILES string of the molecule is O=C=NC1(c2ccccc2SC2COC2)CCCC1. The second-order valence-electron chi connectivity index (χ2n) is 5.22. The number of nitrogens with zero attached hydrogens (tertiary/aromatic N) is 1. The van der Waals surface area contributed by atoms with Crippen molar-refractivity contribution in [2.45, 2.75) is 41.4 Å². The Balaban J connectivity index is 1.95. The van der Waals surface area contributed by atoms with Gasteiger partial charge in [-0.15, -0.1) is 11.8 Å². The smallest absolute Gasteiger partial charge is 0.235 e. The Hall–Kier alpha value is -1.09. The van der Waals surface area contributed by atoms with E-state index in [1.807, 2.05) is 17.8 Å². The maximum absolute atomic E-state index is 10.8. The minimum absolute atomic E-state index is 0.323. The molecule has 4 heteroatoms. The Labute approximate surface area is 117 Å². The number of rotatable bonds is 4. The summed E-state index contributed by atoms with van der Waals surface area (Å²) >= 11 is 1.85.